The van der Waals surface area contributed by atoms with E-state index in [-0.39, 0.29) is 34.9 Å². The van der Waals surface area contributed by atoms with Crippen LogP contribution in [0.5, 0.6) is 0 Å². The Morgan fingerprint density at radius 1 is 0.808 bits per heavy atom. The lowest BCUT2D eigenvalue weighted by molar-refractivity contribution is -0.0909. The summed E-state index contributed by atoms with van der Waals surface area (Å²) in [6, 6.07) is 13.4. The molecule has 3 fully saturated rings. The standard InChI is InChI=1S/C22H25F2NO/c1-25(2)22-11-18(14-3-7-16(23)8-4-14)21(20(26)13-22)19(12-22)15-5-9-17(24)10-6-15/h3-10,18-21,26H,11-13H2,1-2H3/t18-,19-,20-,21?,22?/m0/s1. The number of fused-ring (bicyclic) bond motifs is 3. The van der Waals surface area contributed by atoms with Crippen LogP contribution in [0.3, 0.4) is 0 Å². The van der Waals surface area contributed by atoms with Gasteiger partial charge in [-0.15, -0.1) is 0 Å². The summed E-state index contributed by atoms with van der Waals surface area (Å²) in [5.41, 5.74) is 2.05. The van der Waals surface area contributed by atoms with Crippen LogP contribution < -0.4 is 0 Å². The average Bonchev–Trinajstić information content (AvgIpc) is 2.62. The highest BCUT2D eigenvalue weighted by Crippen LogP contribution is 2.59. The van der Waals surface area contributed by atoms with E-state index in [4.69, 9.17) is 0 Å². The highest BCUT2D eigenvalue weighted by molar-refractivity contribution is 5.32. The Bertz CT molecular complexity index is 716. The van der Waals surface area contributed by atoms with Gasteiger partial charge in [0.05, 0.1) is 6.10 Å². The highest BCUT2D eigenvalue weighted by atomic mass is 19.1. The van der Waals surface area contributed by atoms with Crippen LogP contribution in [-0.2, 0) is 0 Å². The predicted molar refractivity (Wildman–Crippen MR) is 98.0 cm³/mol. The van der Waals surface area contributed by atoms with Crippen molar-refractivity contribution in [2.45, 2.75) is 42.7 Å². The number of benzene rings is 2. The quantitative estimate of drug-likeness (QED) is 0.885. The van der Waals surface area contributed by atoms with Gasteiger partial charge in [-0.05, 0) is 86.5 Å². The van der Waals surface area contributed by atoms with E-state index in [0.29, 0.717) is 0 Å². The maximum atomic E-state index is 13.4. The molecule has 0 spiro atoms. The van der Waals surface area contributed by atoms with E-state index in [2.05, 4.69) is 19.0 Å². The van der Waals surface area contributed by atoms with Crippen molar-refractivity contribution >= 4 is 0 Å². The summed E-state index contributed by atoms with van der Waals surface area (Å²) in [4.78, 5) is 2.23. The van der Waals surface area contributed by atoms with Crippen LogP contribution in [0.2, 0.25) is 0 Å². The van der Waals surface area contributed by atoms with Crippen LogP contribution in [0.15, 0.2) is 48.5 Å². The first-order valence-electron chi connectivity index (χ1n) is 9.26. The summed E-state index contributed by atoms with van der Waals surface area (Å²) in [6.07, 6.45) is 2.22. The topological polar surface area (TPSA) is 23.5 Å². The minimum absolute atomic E-state index is 0.0627. The van der Waals surface area contributed by atoms with Gasteiger partial charge in [0.15, 0.2) is 0 Å². The van der Waals surface area contributed by atoms with Crippen molar-refractivity contribution in [3.63, 3.8) is 0 Å². The normalized spacial score (nSPS) is 33.6. The fourth-order valence-corrected chi connectivity index (χ4v) is 5.33. The number of aliphatic hydroxyl groups excluding tert-OH is 1. The Morgan fingerprint density at radius 3 is 1.62 bits per heavy atom. The summed E-state index contributed by atoms with van der Waals surface area (Å²) >= 11 is 0. The molecule has 4 heteroatoms. The number of aliphatic hydroxyl groups is 1. The minimum atomic E-state index is -0.426. The lowest BCUT2D eigenvalue weighted by Crippen LogP contribution is -2.60. The van der Waals surface area contributed by atoms with Gasteiger partial charge in [-0.25, -0.2) is 8.78 Å². The van der Waals surface area contributed by atoms with Crippen LogP contribution in [0, 0.1) is 17.6 Å². The molecule has 2 aromatic carbocycles. The Morgan fingerprint density at radius 2 is 1.23 bits per heavy atom. The van der Waals surface area contributed by atoms with E-state index in [1.54, 1.807) is 0 Å². The van der Waals surface area contributed by atoms with Gasteiger partial charge in [0, 0.05) is 5.54 Å². The first-order valence-corrected chi connectivity index (χ1v) is 9.26. The van der Waals surface area contributed by atoms with Gasteiger partial charge in [0.2, 0.25) is 0 Å². The molecule has 2 aromatic rings. The molecular formula is C22H25F2NO. The third-order valence-electron chi connectivity index (χ3n) is 6.71. The zero-order valence-electron chi connectivity index (χ0n) is 15.2. The van der Waals surface area contributed by atoms with Gasteiger partial charge in [-0.1, -0.05) is 24.3 Å². The lowest BCUT2D eigenvalue weighted by Gasteiger charge is -2.59. The van der Waals surface area contributed by atoms with Crippen LogP contribution in [0.1, 0.15) is 42.2 Å². The molecule has 0 amide bonds. The van der Waals surface area contributed by atoms with Crippen molar-refractivity contribution in [3.05, 3.63) is 71.3 Å². The van der Waals surface area contributed by atoms with Crippen molar-refractivity contribution in [2.24, 2.45) is 5.92 Å². The highest BCUT2D eigenvalue weighted by Gasteiger charge is 2.56. The summed E-state index contributed by atoms with van der Waals surface area (Å²) in [5.74, 6) is -0.107. The molecular weight excluding hydrogens is 332 g/mol. The molecule has 0 saturated heterocycles. The maximum Gasteiger partial charge on any atom is 0.123 e. The summed E-state index contributed by atoms with van der Waals surface area (Å²) in [5, 5.41) is 11.0. The summed E-state index contributed by atoms with van der Waals surface area (Å²) in [7, 11) is 4.14. The smallest absolute Gasteiger partial charge is 0.123 e. The maximum absolute atomic E-state index is 13.4. The SMILES string of the molecule is CN(C)C12C[C@H](O)C([C@H](c3ccc(F)cc3)C1)[C@H](c1ccc(F)cc1)C2. The van der Waals surface area contributed by atoms with E-state index in [9.17, 15) is 13.9 Å². The van der Waals surface area contributed by atoms with Crippen molar-refractivity contribution in [1.29, 1.82) is 0 Å². The number of halogens is 2. The van der Waals surface area contributed by atoms with Crippen molar-refractivity contribution < 1.29 is 13.9 Å². The molecule has 26 heavy (non-hydrogen) atoms. The number of nitrogens with zero attached hydrogens (tertiary/aromatic N) is 1. The van der Waals surface area contributed by atoms with Gasteiger partial charge < -0.3 is 10.0 Å². The van der Waals surface area contributed by atoms with E-state index in [1.807, 2.05) is 24.3 Å². The molecule has 0 unspecified atom stereocenters. The fraction of sp³-hybridized carbons (Fsp3) is 0.455. The van der Waals surface area contributed by atoms with E-state index < -0.39 is 6.10 Å². The first-order chi connectivity index (χ1) is 12.4. The van der Waals surface area contributed by atoms with Crippen LogP contribution in [0.4, 0.5) is 8.78 Å². The molecule has 5 rings (SSSR count). The largest absolute Gasteiger partial charge is 0.393 e. The average molecular weight is 357 g/mol. The van der Waals surface area contributed by atoms with E-state index in [0.717, 1.165) is 30.4 Å². The molecule has 3 aliphatic rings. The molecule has 0 heterocycles. The Hall–Kier alpha value is -1.78. The molecule has 2 bridgehead atoms. The van der Waals surface area contributed by atoms with Crippen LogP contribution in [0.25, 0.3) is 0 Å². The second-order valence-electron chi connectivity index (χ2n) is 8.19. The van der Waals surface area contributed by atoms with Gasteiger partial charge >= 0.3 is 0 Å². The molecule has 3 saturated carbocycles. The monoisotopic (exact) mass is 357 g/mol. The Balaban J connectivity index is 1.78. The third kappa shape index (κ3) is 2.85. The lowest BCUT2D eigenvalue weighted by atomic mass is 9.52. The zero-order valence-corrected chi connectivity index (χ0v) is 15.2. The van der Waals surface area contributed by atoms with Crippen LogP contribution in [-0.4, -0.2) is 35.7 Å². The molecule has 3 atom stereocenters. The van der Waals surface area contributed by atoms with Crippen LogP contribution >= 0.6 is 0 Å². The molecule has 0 radical (unpaired) electrons. The Kier molecular flexibility index (Phi) is 4.36. The number of rotatable bonds is 3. The Labute approximate surface area is 153 Å². The number of hydrogen-bond donors (Lipinski definition) is 1. The third-order valence-corrected chi connectivity index (χ3v) is 6.71. The molecule has 0 aliphatic heterocycles. The fourth-order valence-electron chi connectivity index (χ4n) is 5.33. The van der Waals surface area contributed by atoms with Gasteiger partial charge in [0.25, 0.3) is 0 Å². The van der Waals surface area contributed by atoms with E-state index in [1.165, 1.54) is 24.3 Å². The minimum Gasteiger partial charge on any atom is -0.393 e. The van der Waals surface area contributed by atoms with E-state index >= 15 is 0 Å². The predicted octanol–water partition coefficient (Wildman–Crippen LogP) is 4.31. The molecule has 2 nitrogen and oxygen atoms in total. The molecule has 138 valence electrons. The summed E-state index contributed by atoms with van der Waals surface area (Å²) < 4.78 is 26.8. The van der Waals surface area contributed by atoms with Gasteiger partial charge in [-0.2, -0.15) is 0 Å². The second-order valence-corrected chi connectivity index (χ2v) is 8.19. The van der Waals surface area contributed by atoms with Crippen molar-refractivity contribution in [2.75, 3.05) is 14.1 Å². The number of hydrogen-bond acceptors (Lipinski definition) is 2. The van der Waals surface area contributed by atoms with Crippen molar-refractivity contribution in [1.82, 2.24) is 4.90 Å². The van der Waals surface area contributed by atoms with Crippen molar-refractivity contribution in [3.8, 4) is 0 Å². The molecule has 3 aliphatic carbocycles. The summed E-state index contributed by atoms with van der Waals surface area (Å²) in [6.45, 7) is 0. The van der Waals surface area contributed by atoms with Gasteiger partial charge in [0.1, 0.15) is 11.6 Å². The first kappa shape index (κ1) is 17.6. The second kappa shape index (κ2) is 6.43. The van der Waals surface area contributed by atoms with Gasteiger partial charge in [-0.3, -0.25) is 0 Å². The molecule has 0 aromatic heterocycles. The zero-order chi connectivity index (χ0) is 18.5. The molecule has 1 N–H and O–H groups in total.